The van der Waals surface area contributed by atoms with Crippen molar-refractivity contribution in [2.24, 2.45) is 0 Å². The molecule has 0 spiro atoms. The van der Waals surface area contributed by atoms with Crippen LogP contribution in [0.3, 0.4) is 0 Å². The molecule has 0 radical (unpaired) electrons. The molecule has 1 atom stereocenters. The van der Waals surface area contributed by atoms with E-state index in [1.54, 1.807) is 0 Å². The van der Waals surface area contributed by atoms with Crippen molar-refractivity contribution in [1.29, 1.82) is 0 Å². The van der Waals surface area contributed by atoms with Crippen LogP contribution in [0.5, 0.6) is 0 Å². The Hall–Kier alpha value is -1.82. The highest BCUT2D eigenvalue weighted by Gasteiger charge is 2.12. The SMILES string of the molecule is CCn1c(C)nnc1SCC(=O)NC(C)c1ccccc1. The van der Waals surface area contributed by atoms with Gasteiger partial charge in [-0.15, -0.1) is 10.2 Å². The lowest BCUT2D eigenvalue weighted by molar-refractivity contribution is -0.119. The molecular weight excluding hydrogens is 284 g/mol. The summed E-state index contributed by atoms with van der Waals surface area (Å²) in [7, 11) is 0. The standard InChI is InChI=1S/C15H20N4OS/c1-4-19-12(3)17-18-15(19)21-10-14(20)16-11(2)13-8-6-5-7-9-13/h5-9,11H,4,10H2,1-3H3,(H,16,20). The van der Waals surface area contributed by atoms with Gasteiger partial charge in [0, 0.05) is 6.54 Å². The summed E-state index contributed by atoms with van der Waals surface area (Å²) in [6.45, 7) is 6.75. The maximum Gasteiger partial charge on any atom is 0.230 e. The van der Waals surface area contributed by atoms with Crippen molar-refractivity contribution < 1.29 is 4.79 Å². The molecule has 0 bridgehead atoms. The molecule has 21 heavy (non-hydrogen) atoms. The van der Waals surface area contributed by atoms with Crippen molar-refractivity contribution in [3.05, 3.63) is 41.7 Å². The number of nitrogens with one attached hydrogen (secondary N) is 1. The number of hydrogen-bond acceptors (Lipinski definition) is 4. The summed E-state index contributed by atoms with van der Waals surface area (Å²) in [6, 6.07) is 9.93. The summed E-state index contributed by atoms with van der Waals surface area (Å²) >= 11 is 1.42. The van der Waals surface area contributed by atoms with Crippen LogP contribution in [0.2, 0.25) is 0 Å². The van der Waals surface area contributed by atoms with Gasteiger partial charge in [0.2, 0.25) is 5.91 Å². The van der Waals surface area contributed by atoms with E-state index in [1.165, 1.54) is 11.8 Å². The molecule has 1 N–H and O–H groups in total. The van der Waals surface area contributed by atoms with Crippen LogP contribution in [-0.4, -0.2) is 26.4 Å². The molecular formula is C15H20N4OS. The highest BCUT2D eigenvalue weighted by atomic mass is 32.2. The first-order valence-electron chi connectivity index (χ1n) is 6.98. The summed E-state index contributed by atoms with van der Waals surface area (Å²) in [4.78, 5) is 12.0. The lowest BCUT2D eigenvalue weighted by Crippen LogP contribution is -2.28. The van der Waals surface area contributed by atoms with Crippen LogP contribution >= 0.6 is 11.8 Å². The number of benzene rings is 1. The minimum Gasteiger partial charge on any atom is -0.349 e. The Morgan fingerprint density at radius 1 is 1.33 bits per heavy atom. The number of aromatic nitrogens is 3. The predicted molar refractivity (Wildman–Crippen MR) is 84.2 cm³/mol. The molecule has 0 aliphatic carbocycles. The molecule has 2 rings (SSSR count). The van der Waals surface area contributed by atoms with Crippen molar-refractivity contribution in [2.45, 2.75) is 38.5 Å². The third-order valence-corrected chi connectivity index (χ3v) is 4.19. The van der Waals surface area contributed by atoms with Crippen molar-refractivity contribution in [1.82, 2.24) is 20.1 Å². The van der Waals surface area contributed by atoms with Gasteiger partial charge >= 0.3 is 0 Å². The topological polar surface area (TPSA) is 59.8 Å². The van der Waals surface area contributed by atoms with Gasteiger partial charge in [-0.1, -0.05) is 42.1 Å². The molecule has 0 saturated heterocycles. The Kier molecular flexibility index (Phi) is 5.38. The zero-order chi connectivity index (χ0) is 15.2. The molecule has 1 heterocycles. The third-order valence-electron chi connectivity index (χ3n) is 3.23. The lowest BCUT2D eigenvalue weighted by atomic mass is 10.1. The zero-order valence-corrected chi connectivity index (χ0v) is 13.4. The first kappa shape index (κ1) is 15.6. The van der Waals surface area contributed by atoms with E-state index in [2.05, 4.69) is 15.5 Å². The number of nitrogens with zero attached hydrogens (tertiary/aromatic N) is 3. The van der Waals surface area contributed by atoms with Crippen molar-refractivity contribution >= 4 is 17.7 Å². The zero-order valence-electron chi connectivity index (χ0n) is 12.5. The number of hydrogen-bond donors (Lipinski definition) is 1. The van der Waals surface area contributed by atoms with E-state index in [0.29, 0.717) is 5.75 Å². The number of aryl methyl sites for hydroxylation is 1. The van der Waals surface area contributed by atoms with Crippen molar-refractivity contribution in [2.75, 3.05) is 5.75 Å². The maximum atomic E-state index is 12.0. The van der Waals surface area contributed by atoms with E-state index < -0.39 is 0 Å². The maximum absolute atomic E-state index is 12.0. The quantitative estimate of drug-likeness (QED) is 0.833. The number of thioether (sulfide) groups is 1. The summed E-state index contributed by atoms with van der Waals surface area (Å²) in [5, 5.41) is 11.9. The van der Waals surface area contributed by atoms with E-state index in [4.69, 9.17) is 0 Å². The Labute approximate surface area is 129 Å². The number of rotatable bonds is 6. The molecule has 0 aliphatic rings. The molecule has 6 heteroatoms. The van der Waals surface area contributed by atoms with E-state index in [1.807, 2.05) is 55.7 Å². The summed E-state index contributed by atoms with van der Waals surface area (Å²) in [5.74, 6) is 1.22. The molecule has 0 fully saturated rings. The van der Waals surface area contributed by atoms with Gasteiger partial charge < -0.3 is 9.88 Å². The van der Waals surface area contributed by atoms with Gasteiger partial charge in [0.1, 0.15) is 5.82 Å². The fourth-order valence-electron chi connectivity index (χ4n) is 2.07. The number of carbonyl (C=O) groups is 1. The van der Waals surface area contributed by atoms with Crippen LogP contribution in [0.1, 0.15) is 31.3 Å². The monoisotopic (exact) mass is 304 g/mol. The van der Waals surface area contributed by atoms with Crippen LogP contribution in [0.15, 0.2) is 35.5 Å². The van der Waals surface area contributed by atoms with E-state index in [-0.39, 0.29) is 11.9 Å². The molecule has 1 aromatic carbocycles. The molecule has 1 amide bonds. The van der Waals surface area contributed by atoms with Gasteiger partial charge in [-0.25, -0.2) is 0 Å². The molecule has 0 aliphatic heterocycles. The fraction of sp³-hybridized carbons (Fsp3) is 0.400. The Bertz CT molecular complexity index is 597. The van der Waals surface area contributed by atoms with Crippen LogP contribution < -0.4 is 5.32 Å². The highest BCUT2D eigenvalue weighted by Crippen LogP contribution is 2.17. The van der Waals surface area contributed by atoms with Crippen LogP contribution in [0, 0.1) is 6.92 Å². The van der Waals surface area contributed by atoms with Crippen LogP contribution in [0.25, 0.3) is 0 Å². The largest absolute Gasteiger partial charge is 0.349 e. The van der Waals surface area contributed by atoms with Gasteiger partial charge in [0.15, 0.2) is 5.16 Å². The Balaban J connectivity index is 1.87. The number of amides is 1. The predicted octanol–water partition coefficient (Wildman–Crippen LogP) is 2.58. The van der Waals surface area contributed by atoms with Gasteiger partial charge in [-0.3, -0.25) is 4.79 Å². The van der Waals surface area contributed by atoms with Gasteiger partial charge in [-0.05, 0) is 26.3 Å². The van der Waals surface area contributed by atoms with Crippen molar-refractivity contribution in [3.8, 4) is 0 Å². The first-order chi connectivity index (χ1) is 10.1. The molecule has 0 saturated carbocycles. The molecule has 5 nitrogen and oxygen atoms in total. The van der Waals surface area contributed by atoms with Crippen LogP contribution in [-0.2, 0) is 11.3 Å². The second-order valence-corrected chi connectivity index (χ2v) is 5.71. The van der Waals surface area contributed by atoms with Gasteiger partial charge in [-0.2, -0.15) is 0 Å². The lowest BCUT2D eigenvalue weighted by Gasteiger charge is -2.14. The smallest absolute Gasteiger partial charge is 0.230 e. The summed E-state index contributed by atoms with van der Waals surface area (Å²) in [6.07, 6.45) is 0. The average molecular weight is 304 g/mol. The van der Waals surface area contributed by atoms with E-state index in [9.17, 15) is 4.79 Å². The minimum atomic E-state index is -0.000316. The van der Waals surface area contributed by atoms with E-state index >= 15 is 0 Å². The molecule has 1 unspecified atom stereocenters. The second-order valence-electron chi connectivity index (χ2n) is 4.76. The summed E-state index contributed by atoms with van der Waals surface area (Å²) in [5.41, 5.74) is 1.10. The van der Waals surface area contributed by atoms with Gasteiger partial charge in [0.25, 0.3) is 0 Å². The second kappa shape index (κ2) is 7.26. The molecule has 2 aromatic rings. The Morgan fingerprint density at radius 2 is 2.05 bits per heavy atom. The van der Waals surface area contributed by atoms with Gasteiger partial charge in [0.05, 0.1) is 11.8 Å². The molecule has 112 valence electrons. The van der Waals surface area contributed by atoms with Crippen molar-refractivity contribution in [3.63, 3.8) is 0 Å². The highest BCUT2D eigenvalue weighted by molar-refractivity contribution is 7.99. The van der Waals surface area contributed by atoms with E-state index in [0.717, 1.165) is 23.1 Å². The molecule has 1 aromatic heterocycles. The minimum absolute atomic E-state index is 0.000316. The van der Waals surface area contributed by atoms with Crippen LogP contribution in [0.4, 0.5) is 0 Å². The normalized spacial score (nSPS) is 12.1. The first-order valence-corrected chi connectivity index (χ1v) is 7.97. The average Bonchev–Trinajstić information content (AvgIpc) is 2.86. The fourth-order valence-corrected chi connectivity index (χ4v) is 2.93. The Morgan fingerprint density at radius 3 is 2.71 bits per heavy atom. The third kappa shape index (κ3) is 4.07. The number of carbonyl (C=O) groups excluding carboxylic acids is 1. The summed E-state index contributed by atoms with van der Waals surface area (Å²) < 4.78 is 2.00.